The van der Waals surface area contributed by atoms with Gasteiger partial charge >= 0.3 is 5.97 Å². The van der Waals surface area contributed by atoms with E-state index in [0.717, 1.165) is 64.2 Å². The lowest BCUT2D eigenvalue weighted by molar-refractivity contribution is -0.143. The number of rotatable bonds is 44. The van der Waals surface area contributed by atoms with Crippen molar-refractivity contribution >= 4 is 11.9 Å². The summed E-state index contributed by atoms with van der Waals surface area (Å²) in [7, 11) is 0. The third-order valence-electron chi connectivity index (χ3n) is 10.9. The normalized spacial score (nSPS) is 13.0. The molecule has 6 heteroatoms. The summed E-state index contributed by atoms with van der Waals surface area (Å²) in [6, 6.07) is -0.633. The zero-order chi connectivity index (χ0) is 40.8. The number of unbranched alkanes of at least 4 members (excludes halogenated alkanes) is 29. The molecule has 0 rings (SSSR count). The van der Waals surface area contributed by atoms with Crippen molar-refractivity contribution in [2.75, 3.05) is 13.2 Å². The van der Waals surface area contributed by atoms with Crippen molar-refractivity contribution in [1.29, 1.82) is 0 Å². The number of amides is 1. The van der Waals surface area contributed by atoms with Gasteiger partial charge in [0.25, 0.3) is 0 Å². The molecule has 0 aliphatic carbocycles. The summed E-state index contributed by atoms with van der Waals surface area (Å²) in [6.07, 6.45) is 54.2. The number of carbonyl (C=O) groups excluding carboxylic acids is 2. The molecule has 328 valence electrons. The topological polar surface area (TPSA) is 95.9 Å². The van der Waals surface area contributed by atoms with E-state index in [-0.39, 0.29) is 18.5 Å². The zero-order valence-corrected chi connectivity index (χ0v) is 37.1. The fourth-order valence-corrected chi connectivity index (χ4v) is 7.12. The van der Waals surface area contributed by atoms with E-state index in [4.69, 9.17) is 4.74 Å². The van der Waals surface area contributed by atoms with Crippen LogP contribution in [0.4, 0.5) is 0 Å². The molecule has 0 spiro atoms. The molecule has 0 fully saturated rings. The largest absolute Gasteiger partial charge is 0.466 e. The van der Waals surface area contributed by atoms with Gasteiger partial charge in [-0.25, -0.2) is 0 Å². The van der Waals surface area contributed by atoms with Crippen LogP contribution in [0.5, 0.6) is 0 Å². The van der Waals surface area contributed by atoms with Crippen LogP contribution in [0.2, 0.25) is 0 Å². The van der Waals surface area contributed by atoms with Gasteiger partial charge in [0.2, 0.25) is 5.91 Å². The van der Waals surface area contributed by atoms with E-state index in [1.54, 1.807) is 6.08 Å². The summed E-state index contributed by atoms with van der Waals surface area (Å²) >= 11 is 0. The molecule has 0 aromatic carbocycles. The first-order chi connectivity index (χ1) is 27.5. The number of ether oxygens (including phenoxy) is 1. The van der Waals surface area contributed by atoms with Crippen molar-refractivity contribution in [1.82, 2.24) is 5.32 Å². The summed E-state index contributed by atoms with van der Waals surface area (Å²) in [5, 5.41) is 22.9. The third-order valence-corrected chi connectivity index (χ3v) is 10.9. The van der Waals surface area contributed by atoms with Gasteiger partial charge in [-0.1, -0.05) is 211 Å². The van der Waals surface area contributed by atoms with Crippen molar-refractivity contribution in [2.45, 2.75) is 257 Å². The summed E-state index contributed by atoms with van der Waals surface area (Å²) < 4.78 is 5.45. The lowest BCUT2D eigenvalue weighted by atomic mass is 10.0. The lowest BCUT2D eigenvalue weighted by Gasteiger charge is -2.20. The monoisotopic (exact) mass is 788 g/mol. The Hall–Kier alpha value is -1.92. The molecule has 1 amide bonds. The Morgan fingerprint density at radius 2 is 0.911 bits per heavy atom. The van der Waals surface area contributed by atoms with Gasteiger partial charge in [-0.15, -0.1) is 0 Å². The van der Waals surface area contributed by atoms with Crippen LogP contribution in [-0.2, 0) is 14.3 Å². The fourth-order valence-electron chi connectivity index (χ4n) is 7.12. The van der Waals surface area contributed by atoms with Crippen molar-refractivity contribution in [3.63, 3.8) is 0 Å². The third kappa shape index (κ3) is 41.7. The van der Waals surface area contributed by atoms with E-state index in [1.165, 1.54) is 154 Å². The van der Waals surface area contributed by atoms with Crippen LogP contribution >= 0.6 is 0 Å². The predicted molar refractivity (Wildman–Crippen MR) is 241 cm³/mol. The minimum absolute atomic E-state index is 0.0162. The van der Waals surface area contributed by atoms with Crippen molar-refractivity contribution < 1.29 is 24.5 Å². The highest BCUT2D eigenvalue weighted by molar-refractivity contribution is 5.76. The first kappa shape index (κ1) is 54.1. The summed E-state index contributed by atoms with van der Waals surface area (Å²) in [5.41, 5.74) is 0. The molecule has 0 bridgehead atoms. The zero-order valence-electron chi connectivity index (χ0n) is 37.1. The van der Waals surface area contributed by atoms with Gasteiger partial charge in [-0.3, -0.25) is 9.59 Å². The molecule has 0 radical (unpaired) electrons. The number of carbonyl (C=O) groups is 2. The average Bonchev–Trinajstić information content (AvgIpc) is 3.20. The Morgan fingerprint density at radius 1 is 0.500 bits per heavy atom. The quantitative estimate of drug-likeness (QED) is 0.0325. The van der Waals surface area contributed by atoms with Gasteiger partial charge in [0.05, 0.1) is 25.4 Å². The highest BCUT2D eigenvalue weighted by Crippen LogP contribution is 2.15. The molecular weight excluding hydrogens is 695 g/mol. The maximum absolute atomic E-state index is 12.4. The summed E-state index contributed by atoms with van der Waals surface area (Å²) in [6.45, 7) is 4.80. The molecule has 0 saturated carbocycles. The second-order valence-electron chi connectivity index (χ2n) is 16.4. The Balaban J connectivity index is 3.46. The number of allylic oxidation sites excluding steroid dienone is 5. The van der Waals surface area contributed by atoms with Crippen LogP contribution in [0.1, 0.15) is 245 Å². The maximum Gasteiger partial charge on any atom is 0.305 e. The molecular formula is C50H93NO5. The van der Waals surface area contributed by atoms with Crippen LogP contribution in [0.15, 0.2) is 36.5 Å². The van der Waals surface area contributed by atoms with Crippen LogP contribution in [0.25, 0.3) is 0 Å². The maximum atomic E-state index is 12.4. The Kier molecular flexibility index (Phi) is 44.2. The van der Waals surface area contributed by atoms with Crippen molar-refractivity contribution in [2.24, 2.45) is 0 Å². The van der Waals surface area contributed by atoms with Gasteiger partial charge < -0.3 is 20.3 Å². The van der Waals surface area contributed by atoms with Crippen molar-refractivity contribution in [3.05, 3.63) is 36.5 Å². The van der Waals surface area contributed by atoms with Crippen LogP contribution in [0, 0.1) is 0 Å². The van der Waals surface area contributed by atoms with Gasteiger partial charge in [0.1, 0.15) is 0 Å². The first-order valence-electron chi connectivity index (χ1n) is 24.3. The molecule has 6 nitrogen and oxygen atoms in total. The molecule has 0 aliphatic heterocycles. The highest BCUT2D eigenvalue weighted by atomic mass is 16.5. The van der Waals surface area contributed by atoms with E-state index >= 15 is 0 Å². The summed E-state index contributed by atoms with van der Waals surface area (Å²) in [4.78, 5) is 24.4. The molecule has 0 aromatic rings. The van der Waals surface area contributed by atoms with Gasteiger partial charge in [0.15, 0.2) is 0 Å². The molecule has 2 atom stereocenters. The minimum atomic E-state index is -0.848. The van der Waals surface area contributed by atoms with Crippen LogP contribution in [-0.4, -0.2) is 47.4 Å². The molecule has 0 aromatic heterocycles. The molecule has 2 unspecified atom stereocenters. The van der Waals surface area contributed by atoms with E-state index in [2.05, 4.69) is 43.5 Å². The van der Waals surface area contributed by atoms with Crippen LogP contribution < -0.4 is 5.32 Å². The minimum Gasteiger partial charge on any atom is -0.466 e. The number of nitrogens with one attached hydrogen (secondary N) is 1. The average molecular weight is 788 g/mol. The first-order valence-corrected chi connectivity index (χ1v) is 24.3. The van der Waals surface area contributed by atoms with E-state index in [1.807, 2.05) is 6.08 Å². The molecule has 0 heterocycles. The van der Waals surface area contributed by atoms with E-state index in [9.17, 15) is 19.8 Å². The molecule has 56 heavy (non-hydrogen) atoms. The Bertz CT molecular complexity index is 915. The van der Waals surface area contributed by atoms with E-state index < -0.39 is 12.1 Å². The highest BCUT2D eigenvalue weighted by Gasteiger charge is 2.18. The second-order valence-corrected chi connectivity index (χ2v) is 16.4. The van der Waals surface area contributed by atoms with Crippen LogP contribution in [0.3, 0.4) is 0 Å². The standard InChI is InChI=1S/C50H93NO5/c1-3-5-7-9-11-13-15-16-21-24-28-32-36-40-44-50(55)56-45-41-37-33-29-25-22-19-17-18-20-23-27-31-35-39-43-49(54)51-47(46-52)48(53)42-38-34-30-26-14-12-10-8-6-4-2/h9,11,15-16,38,42,47-48,52-53H,3-8,10,12-14,17-37,39-41,43-46H2,1-2H3,(H,51,54)/b11-9-,16-15-,42-38+. The number of hydrogen-bond acceptors (Lipinski definition) is 5. The van der Waals surface area contributed by atoms with Gasteiger partial charge in [-0.05, 0) is 57.8 Å². The Morgan fingerprint density at radius 3 is 1.41 bits per heavy atom. The number of aliphatic hydroxyl groups is 2. The number of aliphatic hydroxyl groups excluding tert-OH is 2. The predicted octanol–water partition coefficient (Wildman–Crippen LogP) is 14.1. The molecule has 0 aliphatic rings. The van der Waals surface area contributed by atoms with Gasteiger partial charge in [-0.2, -0.15) is 0 Å². The fraction of sp³-hybridized carbons (Fsp3) is 0.840. The van der Waals surface area contributed by atoms with Crippen molar-refractivity contribution in [3.8, 4) is 0 Å². The molecule has 0 saturated heterocycles. The number of hydrogen-bond donors (Lipinski definition) is 3. The van der Waals surface area contributed by atoms with Gasteiger partial charge in [0, 0.05) is 12.8 Å². The Labute approximate surface area is 347 Å². The number of esters is 1. The summed E-state index contributed by atoms with van der Waals surface area (Å²) in [5.74, 6) is -0.0964. The lowest BCUT2D eigenvalue weighted by Crippen LogP contribution is -2.45. The SMILES string of the molecule is CCCC/C=C\C/C=C\CCCCCCCC(=O)OCCCCCCCCCCCCCCCCCC(=O)NC(CO)C(O)/C=C/CCCCCCCCCC. The smallest absolute Gasteiger partial charge is 0.305 e. The van der Waals surface area contributed by atoms with E-state index in [0.29, 0.717) is 19.4 Å². The molecule has 3 N–H and O–H groups in total. The second kappa shape index (κ2) is 45.8.